The van der Waals surface area contributed by atoms with Crippen LogP contribution in [0.5, 0.6) is 0 Å². The van der Waals surface area contributed by atoms with Crippen LogP contribution in [0.15, 0.2) is 47.2 Å². The number of benzene rings is 2. The van der Waals surface area contributed by atoms with E-state index in [2.05, 4.69) is 77.1 Å². The van der Waals surface area contributed by atoms with Gasteiger partial charge in [0.1, 0.15) is 14.3 Å². The lowest BCUT2D eigenvalue weighted by Crippen LogP contribution is -2.58. The Morgan fingerprint density at radius 3 is 1.77 bits per heavy atom. The molecular weight excluding hydrogens is 384 g/mol. The number of fused-ring (bicyclic) bond motifs is 2. The van der Waals surface area contributed by atoms with E-state index in [-0.39, 0.29) is 0 Å². The molecule has 2 aromatic rings. The van der Waals surface area contributed by atoms with E-state index in [1.54, 1.807) is 10.4 Å². The first-order valence-electron chi connectivity index (χ1n) is 11.2. The van der Waals surface area contributed by atoms with Crippen molar-refractivity contribution in [3.63, 3.8) is 0 Å². The summed E-state index contributed by atoms with van der Waals surface area (Å²) in [5.41, 5.74) is 6.85. The van der Waals surface area contributed by atoms with Crippen molar-refractivity contribution in [2.24, 2.45) is 4.99 Å². The van der Waals surface area contributed by atoms with Crippen LogP contribution in [0.25, 0.3) is 5.57 Å². The van der Waals surface area contributed by atoms with Crippen molar-refractivity contribution in [2.45, 2.75) is 25.9 Å². The van der Waals surface area contributed by atoms with Gasteiger partial charge in [0, 0.05) is 37.6 Å². The Bertz CT molecular complexity index is 1080. The third-order valence-corrected chi connectivity index (χ3v) is 10.9. The number of hydrogen-bond donors (Lipinski definition) is 0. The Labute approximate surface area is 179 Å². The van der Waals surface area contributed by atoms with Gasteiger partial charge in [0.15, 0.2) is 6.21 Å². The smallest absolute Gasteiger partial charge is 0.331 e. The minimum Gasteiger partial charge on any atom is -0.371 e. The summed E-state index contributed by atoms with van der Waals surface area (Å²) in [5.74, 6) is 1.07. The zero-order valence-electron chi connectivity index (χ0n) is 18.2. The summed E-state index contributed by atoms with van der Waals surface area (Å²) >= 11 is 0. The van der Waals surface area contributed by atoms with E-state index in [4.69, 9.17) is 4.99 Å². The topological polar surface area (TPSA) is 21.9 Å². The molecule has 4 aliphatic heterocycles. The highest BCUT2D eigenvalue weighted by molar-refractivity contribution is 7.02. The summed E-state index contributed by atoms with van der Waals surface area (Å²) in [6.07, 6.45) is 6.60. The average Bonchev–Trinajstić information content (AvgIpc) is 3.06. The third kappa shape index (κ3) is 2.51. The first-order chi connectivity index (χ1) is 14.5. The molecule has 0 bridgehead atoms. The van der Waals surface area contributed by atoms with E-state index in [0.717, 1.165) is 5.82 Å². The number of hydrogen-bond acceptors (Lipinski definition) is 3. The molecule has 0 radical (unpaired) electrons. The molecule has 0 amide bonds. The third-order valence-electron chi connectivity index (χ3n) is 7.38. The highest BCUT2D eigenvalue weighted by Gasteiger charge is 2.41. The van der Waals surface area contributed by atoms with Gasteiger partial charge in [0.2, 0.25) is 0 Å². The van der Waals surface area contributed by atoms with Crippen molar-refractivity contribution < 1.29 is 4.58 Å². The normalized spacial score (nSPS) is 21.1. The number of aliphatic imine (C=N–C) groups is 1. The fraction of sp³-hybridized carbons (Fsp3) is 0.360. The molecule has 4 aliphatic rings. The van der Waals surface area contributed by atoms with Crippen LogP contribution in [0.1, 0.15) is 24.0 Å². The Morgan fingerprint density at radius 2 is 1.37 bits per heavy atom. The van der Waals surface area contributed by atoms with E-state index in [9.17, 15) is 0 Å². The molecule has 0 spiro atoms. The van der Waals surface area contributed by atoms with Crippen molar-refractivity contribution in [3.8, 4) is 0 Å². The van der Waals surface area contributed by atoms with Crippen LogP contribution in [0.3, 0.4) is 0 Å². The number of anilines is 2. The van der Waals surface area contributed by atoms with Crippen LogP contribution in [0, 0.1) is 0 Å². The van der Waals surface area contributed by atoms with Crippen molar-refractivity contribution in [1.82, 2.24) is 0 Å². The molecule has 4 heterocycles. The van der Waals surface area contributed by atoms with Crippen LogP contribution in [-0.2, 0) is 0 Å². The lowest BCUT2D eigenvalue weighted by molar-refractivity contribution is -0.433. The molecule has 6 rings (SSSR count). The summed E-state index contributed by atoms with van der Waals surface area (Å²) in [6, 6.07) is 14.4. The zero-order chi connectivity index (χ0) is 20.5. The number of nitrogens with zero attached hydrogens (tertiary/aromatic N) is 4. The van der Waals surface area contributed by atoms with Gasteiger partial charge in [-0.1, -0.05) is 25.2 Å². The summed E-state index contributed by atoms with van der Waals surface area (Å²) in [5, 5.41) is 3.11. The molecule has 0 atom stereocenters. The van der Waals surface area contributed by atoms with Crippen LogP contribution in [0.2, 0.25) is 13.1 Å². The van der Waals surface area contributed by atoms with Gasteiger partial charge in [-0.2, -0.15) is 0 Å². The second-order valence-electron chi connectivity index (χ2n) is 9.50. The van der Waals surface area contributed by atoms with Gasteiger partial charge >= 0.3 is 5.82 Å². The lowest BCUT2D eigenvalue weighted by Gasteiger charge is -2.39. The summed E-state index contributed by atoms with van der Waals surface area (Å²) < 4.78 is 2.16. The largest absolute Gasteiger partial charge is 0.371 e. The molecular formula is C25H29N4Si+. The van der Waals surface area contributed by atoms with Crippen LogP contribution in [0.4, 0.5) is 11.4 Å². The number of rotatable bonds is 2. The second kappa shape index (κ2) is 6.42. The van der Waals surface area contributed by atoms with Gasteiger partial charge < -0.3 is 9.80 Å². The maximum atomic E-state index is 4.78. The van der Waals surface area contributed by atoms with E-state index in [1.165, 1.54) is 67.1 Å². The van der Waals surface area contributed by atoms with Crippen molar-refractivity contribution in [1.29, 1.82) is 0 Å². The van der Waals surface area contributed by atoms with Gasteiger partial charge in [0.05, 0.1) is 12.6 Å². The molecule has 152 valence electrons. The molecule has 4 nitrogen and oxygen atoms in total. The zero-order valence-corrected chi connectivity index (χ0v) is 19.2. The Kier molecular flexibility index (Phi) is 3.88. The molecule has 0 unspecified atom stereocenters. The molecule has 30 heavy (non-hydrogen) atoms. The van der Waals surface area contributed by atoms with E-state index in [1.807, 2.05) is 6.21 Å². The SMILES string of the molecule is C[N+]1=CC=NC1=C1c2ccc(N3CCC3)cc2[Si](C)(C)c2cc(N3CCC3)ccc21. The maximum absolute atomic E-state index is 4.78. The molecule has 0 aromatic heterocycles. The van der Waals surface area contributed by atoms with Crippen LogP contribution < -0.4 is 20.2 Å². The fourth-order valence-corrected chi connectivity index (χ4v) is 8.29. The molecule has 2 saturated heterocycles. The van der Waals surface area contributed by atoms with Crippen molar-refractivity contribution in [2.75, 3.05) is 43.0 Å². The van der Waals surface area contributed by atoms with Gasteiger partial charge in [-0.05, 0) is 63.6 Å². The minimum atomic E-state index is -1.85. The molecule has 5 heteroatoms. The van der Waals surface area contributed by atoms with E-state index >= 15 is 0 Å². The van der Waals surface area contributed by atoms with Crippen molar-refractivity contribution in [3.05, 3.63) is 53.3 Å². The molecule has 2 fully saturated rings. The summed E-state index contributed by atoms with van der Waals surface area (Å²) in [4.78, 5) is 9.80. The van der Waals surface area contributed by atoms with Crippen LogP contribution in [-0.4, -0.2) is 58.3 Å². The Hall–Kier alpha value is -2.66. The Balaban J connectivity index is 1.61. The standard InChI is InChI=1S/C25H29N4Si/c1-27-15-10-26-25(27)24-20-8-6-18(28-11-4-12-28)16-22(20)30(2,3)23-17-19(7-9-21(23)24)29-13-5-14-29/h6-10,15-17H,4-5,11-14H2,1-3H3/q+1. The first-order valence-corrected chi connectivity index (χ1v) is 14.2. The van der Waals surface area contributed by atoms with Gasteiger partial charge in [-0.3, -0.25) is 0 Å². The molecule has 0 N–H and O–H groups in total. The van der Waals surface area contributed by atoms with E-state index < -0.39 is 8.07 Å². The maximum Gasteiger partial charge on any atom is 0.331 e. The predicted molar refractivity (Wildman–Crippen MR) is 130 cm³/mol. The van der Waals surface area contributed by atoms with E-state index in [0.29, 0.717) is 0 Å². The molecule has 0 saturated carbocycles. The quantitative estimate of drug-likeness (QED) is 0.558. The molecule has 0 aliphatic carbocycles. The highest BCUT2D eigenvalue weighted by atomic mass is 28.3. The minimum absolute atomic E-state index is 1.07. The average molecular weight is 414 g/mol. The second-order valence-corrected chi connectivity index (χ2v) is 13.8. The van der Waals surface area contributed by atoms with Gasteiger partial charge in [0.25, 0.3) is 0 Å². The lowest BCUT2D eigenvalue weighted by atomic mass is 9.95. The van der Waals surface area contributed by atoms with Crippen LogP contribution >= 0.6 is 0 Å². The fourth-order valence-electron chi connectivity index (χ4n) is 5.21. The van der Waals surface area contributed by atoms with Crippen molar-refractivity contribution >= 4 is 47.8 Å². The Morgan fingerprint density at radius 1 is 0.833 bits per heavy atom. The van der Waals surface area contributed by atoms with Gasteiger partial charge in [-0.15, -0.1) is 0 Å². The highest BCUT2D eigenvalue weighted by Crippen LogP contribution is 2.36. The van der Waals surface area contributed by atoms with Gasteiger partial charge in [-0.25, -0.2) is 4.58 Å². The summed E-state index contributed by atoms with van der Waals surface area (Å²) in [7, 11) is 0.259. The summed E-state index contributed by atoms with van der Waals surface area (Å²) in [6.45, 7) is 9.80. The predicted octanol–water partition coefficient (Wildman–Crippen LogP) is 2.76. The first kappa shape index (κ1) is 18.1. The monoisotopic (exact) mass is 413 g/mol. The molecule has 2 aromatic carbocycles.